The van der Waals surface area contributed by atoms with Crippen molar-refractivity contribution in [1.82, 2.24) is 9.80 Å². The van der Waals surface area contributed by atoms with Crippen LogP contribution in [-0.4, -0.2) is 71.1 Å². The van der Waals surface area contributed by atoms with Crippen molar-refractivity contribution in [3.63, 3.8) is 0 Å². The van der Waals surface area contributed by atoms with E-state index < -0.39 is 12.1 Å². The van der Waals surface area contributed by atoms with E-state index in [4.69, 9.17) is 9.84 Å². The quantitative estimate of drug-likeness (QED) is 0.770. The fraction of sp³-hybridized carbons (Fsp3) is 0.833. The second-order valence-electron chi connectivity index (χ2n) is 7.47. The molecule has 3 fully saturated rings. The molecule has 2 aliphatic heterocycles. The van der Waals surface area contributed by atoms with E-state index in [2.05, 4.69) is 0 Å². The molecule has 0 aromatic heterocycles. The fourth-order valence-electron chi connectivity index (χ4n) is 4.32. The molecule has 0 radical (unpaired) electrons. The van der Waals surface area contributed by atoms with Crippen molar-refractivity contribution in [2.75, 3.05) is 26.2 Å². The van der Waals surface area contributed by atoms with Gasteiger partial charge in [0, 0.05) is 32.1 Å². The van der Waals surface area contributed by atoms with Crippen LogP contribution in [0.25, 0.3) is 0 Å². The molecule has 0 aromatic rings. The molecular weight excluding hydrogens is 324 g/mol. The maximum atomic E-state index is 12.8. The first kappa shape index (κ1) is 18.2. The number of nitrogens with zero attached hydrogens (tertiary/aromatic N) is 2. The first-order valence-corrected chi connectivity index (χ1v) is 9.46. The molecule has 0 aromatic carbocycles. The van der Waals surface area contributed by atoms with Crippen LogP contribution in [0, 0.1) is 5.92 Å². The Hall–Kier alpha value is -1.63. The molecule has 2 heterocycles. The maximum absolute atomic E-state index is 12.8. The number of hydrogen-bond donors (Lipinski definition) is 1. The Morgan fingerprint density at radius 2 is 1.84 bits per heavy atom. The molecule has 1 saturated carbocycles. The molecule has 2 atom stereocenters. The summed E-state index contributed by atoms with van der Waals surface area (Å²) in [5.41, 5.74) is 0. The van der Waals surface area contributed by atoms with Crippen molar-refractivity contribution in [3.05, 3.63) is 0 Å². The lowest BCUT2D eigenvalue weighted by molar-refractivity contribution is -0.149. The summed E-state index contributed by atoms with van der Waals surface area (Å²) in [6, 6.07) is 0.289. The van der Waals surface area contributed by atoms with E-state index in [1.54, 1.807) is 4.90 Å². The summed E-state index contributed by atoms with van der Waals surface area (Å²) in [6.07, 6.45) is 6.62. The minimum Gasteiger partial charge on any atom is -0.481 e. The van der Waals surface area contributed by atoms with E-state index in [1.165, 1.54) is 12.8 Å². The minimum absolute atomic E-state index is 0.0249. The van der Waals surface area contributed by atoms with Crippen LogP contribution in [0.15, 0.2) is 0 Å². The van der Waals surface area contributed by atoms with Crippen LogP contribution >= 0.6 is 0 Å². The Kier molecular flexibility index (Phi) is 5.93. The van der Waals surface area contributed by atoms with E-state index in [9.17, 15) is 14.4 Å². The van der Waals surface area contributed by atoms with Crippen LogP contribution in [-0.2, 0) is 19.1 Å². The number of carbonyl (C=O) groups excluding carboxylic acids is 2. The van der Waals surface area contributed by atoms with E-state index in [-0.39, 0.29) is 36.6 Å². The Morgan fingerprint density at radius 1 is 1.12 bits per heavy atom. The minimum atomic E-state index is -0.921. The van der Waals surface area contributed by atoms with Gasteiger partial charge in [0.05, 0.1) is 25.0 Å². The zero-order valence-electron chi connectivity index (χ0n) is 14.7. The van der Waals surface area contributed by atoms with Crippen molar-refractivity contribution in [2.45, 2.75) is 63.5 Å². The summed E-state index contributed by atoms with van der Waals surface area (Å²) in [5.74, 6) is -1.14. The molecule has 3 rings (SSSR count). The summed E-state index contributed by atoms with van der Waals surface area (Å²) in [7, 11) is 0. The van der Waals surface area contributed by atoms with Gasteiger partial charge in [-0.1, -0.05) is 25.7 Å². The Bertz CT molecular complexity index is 516. The molecule has 1 aliphatic carbocycles. The van der Waals surface area contributed by atoms with Gasteiger partial charge in [0.15, 0.2) is 0 Å². The van der Waals surface area contributed by atoms with Gasteiger partial charge in [0.2, 0.25) is 11.8 Å². The number of rotatable bonds is 4. The van der Waals surface area contributed by atoms with Gasteiger partial charge >= 0.3 is 5.97 Å². The van der Waals surface area contributed by atoms with Crippen LogP contribution < -0.4 is 0 Å². The van der Waals surface area contributed by atoms with Crippen molar-refractivity contribution in [3.8, 4) is 0 Å². The maximum Gasteiger partial charge on any atom is 0.306 e. The highest BCUT2D eigenvalue weighted by molar-refractivity contribution is 5.89. The fourth-order valence-corrected chi connectivity index (χ4v) is 4.32. The second kappa shape index (κ2) is 8.17. The zero-order valence-corrected chi connectivity index (χ0v) is 14.7. The highest BCUT2D eigenvalue weighted by atomic mass is 16.5. The summed E-state index contributed by atoms with van der Waals surface area (Å²) in [6.45, 7) is 1.66. The summed E-state index contributed by atoms with van der Waals surface area (Å²) in [5, 5.41) is 8.90. The average Bonchev–Trinajstić information content (AvgIpc) is 2.80. The molecule has 2 unspecified atom stereocenters. The molecule has 3 aliphatic rings. The van der Waals surface area contributed by atoms with Crippen LogP contribution in [0.3, 0.4) is 0 Å². The number of carbonyl (C=O) groups is 3. The van der Waals surface area contributed by atoms with Crippen LogP contribution in [0.4, 0.5) is 0 Å². The molecule has 2 saturated heterocycles. The molecule has 7 heteroatoms. The summed E-state index contributed by atoms with van der Waals surface area (Å²) >= 11 is 0. The molecule has 7 nitrogen and oxygen atoms in total. The first-order valence-electron chi connectivity index (χ1n) is 9.46. The molecule has 0 bridgehead atoms. The third-order valence-electron chi connectivity index (χ3n) is 5.63. The van der Waals surface area contributed by atoms with Gasteiger partial charge in [-0.15, -0.1) is 0 Å². The topological polar surface area (TPSA) is 87.2 Å². The number of aliphatic carboxylic acids is 1. The van der Waals surface area contributed by atoms with E-state index in [1.807, 2.05) is 4.90 Å². The largest absolute Gasteiger partial charge is 0.481 e. The molecule has 0 spiro atoms. The molecule has 140 valence electrons. The lowest BCUT2D eigenvalue weighted by Crippen LogP contribution is -2.48. The highest BCUT2D eigenvalue weighted by Crippen LogP contribution is 2.29. The number of morpholine rings is 1. The van der Waals surface area contributed by atoms with Gasteiger partial charge < -0.3 is 19.6 Å². The molecular formula is C18H28N2O5. The van der Waals surface area contributed by atoms with Crippen molar-refractivity contribution < 1.29 is 24.2 Å². The number of amides is 2. The Morgan fingerprint density at radius 3 is 2.52 bits per heavy atom. The number of ether oxygens (including phenoxy) is 1. The van der Waals surface area contributed by atoms with Gasteiger partial charge in [-0.2, -0.15) is 0 Å². The SMILES string of the molecule is O=C(O)CC1CN(C(=O)C2CC(=O)N(C3CCCCCC3)C2)CCO1. The number of carboxylic acids is 1. The van der Waals surface area contributed by atoms with Gasteiger partial charge in [-0.3, -0.25) is 14.4 Å². The van der Waals surface area contributed by atoms with Crippen LogP contribution in [0.1, 0.15) is 51.4 Å². The summed E-state index contributed by atoms with van der Waals surface area (Å²) in [4.78, 5) is 39.7. The smallest absolute Gasteiger partial charge is 0.306 e. The van der Waals surface area contributed by atoms with E-state index in [0.29, 0.717) is 26.2 Å². The third kappa shape index (κ3) is 4.51. The predicted octanol–water partition coefficient (Wildman–Crippen LogP) is 1.26. The number of carboxylic acid groups (broad SMARTS) is 1. The van der Waals surface area contributed by atoms with Crippen LogP contribution in [0.5, 0.6) is 0 Å². The predicted molar refractivity (Wildman–Crippen MR) is 89.9 cm³/mol. The lowest BCUT2D eigenvalue weighted by atomic mass is 10.1. The second-order valence-corrected chi connectivity index (χ2v) is 7.47. The van der Waals surface area contributed by atoms with Crippen LogP contribution in [0.2, 0.25) is 0 Å². The van der Waals surface area contributed by atoms with Gasteiger partial charge in [-0.05, 0) is 12.8 Å². The monoisotopic (exact) mass is 352 g/mol. The van der Waals surface area contributed by atoms with E-state index >= 15 is 0 Å². The Balaban J connectivity index is 1.57. The van der Waals surface area contributed by atoms with Gasteiger partial charge in [0.25, 0.3) is 0 Å². The lowest BCUT2D eigenvalue weighted by Gasteiger charge is -2.34. The number of hydrogen-bond acceptors (Lipinski definition) is 4. The zero-order chi connectivity index (χ0) is 17.8. The number of likely N-dealkylation sites (tertiary alicyclic amines) is 1. The first-order chi connectivity index (χ1) is 12.0. The average molecular weight is 352 g/mol. The van der Waals surface area contributed by atoms with Gasteiger partial charge in [-0.25, -0.2) is 0 Å². The van der Waals surface area contributed by atoms with Crippen molar-refractivity contribution in [2.24, 2.45) is 5.92 Å². The standard InChI is InChI=1S/C18H28N2O5/c21-16-9-13(11-20(16)14-5-3-1-2-4-6-14)18(24)19-7-8-25-15(12-19)10-17(22)23/h13-15H,1-12H2,(H,22,23). The van der Waals surface area contributed by atoms with Crippen molar-refractivity contribution in [1.29, 1.82) is 0 Å². The molecule has 1 N–H and O–H groups in total. The van der Waals surface area contributed by atoms with Crippen molar-refractivity contribution >= 4 is 17.8 Å². The molecule has 25 heavy (non-hydrogen) atoms. The molecule has 2 amide bonds. The van der Waals surface area contributed by atoms with E-state index in [0.717, 1.165) is 25.7 Å². The highest BCUT2D eigenvalue weighted by Gasteiger charge is 2.40. The summed E-state index contributed by atoms with van der Waals surface area (Å²) < 4.78 is 5.43. The van der Waals surface area contributed by atoms with Gasteiger partial charge in [0.1, 0.15) is 0 Å². The third-order valence-corrected chi connectivity index (χ3v) is 5.63. The Labute approximate surface area is 148 Å². The normalized spacial score (nSPS) is 28.9.